The highest BCUT2D eigenvalue weighted by atomic mass is 16.5. The van der Waals surface area contributed by atoms with Crippen molar-refractivity contribution in [2.45, 2.75) is 26.4 Å². The van der Waals surface area contributed by atoms with Crippen LogP contribution in [0.4, 0.5) is 0 Å². The van der Waals surface area contributed by atoms with Crippen LogP contribution in [-0.2, 0) is 9.53 Å². The van der Waals surface area contributed by atoms with Gasteiger partial charge in [0.2, 0.25) is 0 Å². The van der Waals surface area contributed by atoms with Gasteiger partial charge in [-0.1, -0.05) is 0 Å². The average Bonchev–Trinajstić information content (AvgIpc) is 2.34. The van der Waals surface area contributed by atoms with Crippen LogP contribution in [0.25, 0.3) is 0 Å². The number of hydrogen-bond acceptors (Lipinski definition) is 4. The first-order valence-corrected chi connectivity index (χ1v) is 6.08. The molecular weight excluding hydrogens is 248 g/mol. The van der Waals surface area contributed by atoms with Crippen molar-refractivity contribution in [3.63, 3.8) is 0 Å². The van der Waals surface area contributed by atoms with E-state index in [4.69, 9.17) is 14.6 Å². The lowest BCUT2D eigenvalue weighted by Crippen LogP contribution is -2.11. The van der Waals surface area contributed by atoms with Crippen LogP contribution in [-0.4, -0.2) is 36.2 Å². The Morgan fingerprint density at radius 3 is 2.32 bits per heavy atom. The predicted octanol–water partition coefficient (Wildman–Crippen LogP) is 2.15. The number of aliphatic carboxylic acids is 1. The first-order valence-electron chi connectivity index (χ1n) is 6.08. The third-order valence-electron chi connectivity index (χ3n) is 2.29. The molecule has 0 fully saturated rings. The number of carboxylic acids is 1. The van der Waals surface area contributed by atoms with E-state index in [1.54, 1.807) is 24.3 Å². The van der Waals surface area contributed by atoms with Gasteiger partial charge in [-0.3, -0.25) is 9.59 Å². The smallest absolute Gasteiger partial charge is 0.311 e. The second-order valence-electron chi connectivity index (χ2n) is 4.29. The largest absolute Gasteiger partial charge is 0.491 e. The maximum atomic E-state index is 11.5. The molecule has 1 N–H and O–H groups in total. The third-order valence-corrected chi connectivity index (χ3v) is 2.29. The van der Waals surface area contributed by atoms with Crippen molar-refractivity contribution in [2.24, 2.45) is 0 Å². The molecule has 0 unspecified atom stereocenters. The van der Waals surface area contributed by atoms with Crippen LogP contribution in [0.15, 0.2) is 24.3 Å². The number of benzene rings is 1. The highest BCUT2D eigenvalue weighted by Crippen LogP contribution is 2.13. The van der Waals surface area contributed by atoms with Gasteiger partial charge < -0.3 is 14.6 Å². The van der Waals surface area contributed by atoms with Gasteiger partial charge >= 0.3 is 5.97 Å². The molecule has 0 aromatic heterocycles. The van der Waals surface area contributed by atoms with Crippen LogP contribution < -0.4 is 4.74 Å². The first-order chi connectivity index (χ1) is 8.99. The Labute approximate surface area is 112 Å². The van der Waals surface area contributed by atoms with E-state index in [2.05, 4.69) is 0 Å². The summed E-state index contributed by atoms with van der Waals surface area (Å²) in [6.07, 6.45) is -0.331. The van der Waals surface area contributed by atoms with Crippen LogP contribution >= 0.6 is 0 Å². The minimum Gasteiger partial charge on any atom is -0.491 e. The van der Waals surface area contributed by atoms with Crippen molar-refractivity contribution in [1.82, 2.24) is 0 Å². The van der Waals surface area contributed by atoms with E-state index in [0.717, 1.165) is 0 Å². The van der Waals surface area contributed by atoms with E-state index in [1.807, 2.05) is 13.8 Å². The van der Waals surface area contributed by atoms with Crippen LogP contribution in [0.1, 0.15) is 30.6 Å². The molecule has 0 saturated carbocycles. The lowest BCUT2D eigenvalue weighted by molar-refractivity contribution is -0.135. The molecule has 0 aliphatic rings. The standard InChI is InChI=1S/C14H18O5/c1-10(2)18-7-8-19-12-5-3-11(4-6-12)13(15)9-14(16)17/h3-6,10H,7-9H2,1-2H3,(H,16,17). The number of carbonyl (C=O) groups is 2. The Hall–Kier alpha value is -1.88. The summed E-state index contributed by atoms with van der Waals surface area (Å²) in [4.78, 5) is 21.9. The maximum Gasteiger partial charge on any atom is 0.311 e. The number of rotatable bonds is 8. The van der Waals surface area contributed by atoms with Crippen molar-refractivity contribution in [3.05, 3.63) is 29.8 Å². The minimum absolute atomic E-state index is 0.166. The Bertz CT molecular complexity index is 422. The number of carbonyl (C=O) groups excluding carboxylic acids is 1. The fraction of sp³-hybridized carbons (Fsp3) is 0.429. The van der Waals surface area contributed by atoms with Gasteiger partial charge in [0, 0.05) is 5.56 Å². The van der Waals surface area contributed by atoms with Gasteiger partial charge in [0.15, 0.2) is 5.78 Å². The van der Waals surface area contributed by atoms with Crippen LogP contribution in [0, 0.1) is 0 Å². The van der Waals surface area contributed by atoms with E-state index in [-0.39, 0.29) is 6.10 Å². The molecule has 0 amide bonds. The number of ketones is 1. The normalized spacial score (nSPS) is 10.5. The Kier molecular flexibility index (Phi) is 6.02. The average molecular weight is 266 g/mol. The molecule has 0 radical (unpaired) electrons. The first kappa shape index (κ1) is 15.2. The molecule has 0 heterocycles. The molecule has 0 aliphatic carbocycles. The molecule has 0 bridgehead atoms. The number of ether oxygens (including phenoxy) is 2. The zero-order valence-corrected chi connectivity index (χ0v) is 11.1. The maximum absolute atomic E-state index is 11.5. The Morgan fingerprint density at radius 2 is 1.79 bits per heavy atom. The summed E-state index contributed by atoms with van der Waals surface area (Å²) in [5.74, 6) is -0.919. The fourth-order valence-electron chi connectivity index (χ4n) is 1.42. The van der Waals surface area contributed by atoms with E-state index in [9.17, 15) is 9.59 Å². The molecule has 19 heavy (non-hydrogen) atoms. The SMILES string of the molecule is CC(C)OCCOc1ccc(C(=O)CC(=O)O)cc1. The van der Waals surface area contributed by atoms with E-state index in [0.29, 0.717) is 24.5 Å². The highest BCUT2D eigenvalue weighted by Gasteiger charge is 2.10. The summed E-state index contributed by atoms with van der Waals surface area (Å²) >= 11 is 0. The van der Waals surface area contributed by atoms with Crippen molar-refractivity contribution in [1.29, 1.82) is 0 Å². The molecule has 1 aromatic carbocycles. The summed E-state index contributed by atoms with van der Waals surface area (Å²) in [7, 11) is 0. The zero-order valence-electron chi connectivity index (χ0n) is 11.1. The summed E-state index contributed by atoms with van der Waals surface area (Å²) in [5, 5.41) is 8.53. The van der Waals surface area contributed by atoms with Crippen molar-refractivity contribution in [2.75, 3.05) is 13.2 Å². The van der Waals surface area contributed by atoms with Crippen LogP contribution in [0.5, 0.6) is 5.75 Å². The lowest BCUT2D eigenvalue weighted by atomic mass is 10.1. The van der Waals surface area contributed by atoms with Gasteiger partial charge in [0.1, 0.15) is 18.8 Å². The van der Waals surface area contributed by atoms with Gasteiger partial charge in [-0.15, -0.1) is 0 Å². The molecule has 104 valence electrons. The van der Waals surface area contributed by atoms with E-state index in [1.165, 1.54) is 0 Å². The lowest BCUT2D eigenvalue weighted by Gasteiger charge is -2.09. The van der Waals surface area contributed by atoms with Gasteiger partial charge in [-0.05, 0) is 38.1 Å². The number of carboxylic acid groups (broad SMARTS) is 1. The molecule has 5 nitrogen and oxygen atoms in total. The fourth-order valence-corrected chi connectivity index (χ4v) is 1.42. The molecule has 0 aliphatic heterocycles. The summed E-state index contributed by atoms with van der Waals surface area (Å²) < 4.78 is 10.7. The summed E-state index contributed by atoms with van der Waals surface area (Å²) in [6, 6.07) is 6.41. The summed E-state index contributed by atoms with van der Waals surface area (Å²) in [6.45, 7) is 4.82. The molecular formula is C14H18O5. The molecule has 0 atom stereocenters. The Balaban J connectivity index is 2.43. The Morgan fingerprint density at radius 1 is 1.16 bits per heavy atom. The predicted molar refractivity (Wildman–Crippen MR) is 69.6 cm³/mol. The van der Waals surface area contributed by atoms with E-state index >= 15 is 0 Å². The molecule has 1 aromatic rings. The molecule has 0 saturated heterocycles. The van der Waals surface area contributed by atoms with Crippen molar-refractivity contribution in [3.8, 4) is 5.75 Å². The van der Waals surface area contributed by atoms with Crippen LogP contribution in [0.2, 0.25) is 0 Å². The second kappa shape index (κ2) is 7.53. The summed E-state index contributed by atoms with van der Waals surface area (Å²) in [5.41, 5.74) is 0.369. The minimum atomic E-state index is -1.13. The van der Waals surface area contributed by atoms with Gasteiger partial charge in [0.05, 0.1) is 12.7 Å². The second-order valence-corrected chi connectivity index (χ2v) is 4.29. The van der Waals surface area contributed by atoms with E-state index < -0.39 is 18.2 Å². The van der Waals surface area contributed by atoms with Crippen molar-refractivity contribution >= 4 is 11.8 Å². The molecule has 5 heteroatoms. The molecule has 1 rings (SSSR count). The van der Waals surface area contributed by atoms with Crippen LogP contribution in [0.3, 0.4) is 0 Å². The van der Waals surface area contributed by atoms with Gasteiger partial charge in [-0.25, -0.2) is 0 Å². The number of Topliss-reactive ketones (excluding diaryl/α,β-unsaturated/α-hetero) is 1. The molecule has 0 spiro atoms. The van der Waals surface area contributed by atoms with Crippen molar-refractivity contribution < 1.29 is 24.2 Å². The topological polar surface area (TPSA) is 72.8 Å². The zero-order chi connectivity index (χ0) is 14.3. The van der Waals surface area contributed by atoms with Gasteiger partial charge in [-0.2, -0.15) is 0 Å². The third kappa shape index (κ3) is 6.01. The quantitative estimate of drug-likeness (QED) is 0.443. The van der Waals surface area contributed by atoms with Gasteiger partial charge in [0.25, 0.3) is 0 Å². The number of hydrogen-bond donors (Lipinski definition) is 1. The highest BCUT2D eigenvalue weighted by molar-refractivity contribution is 6.05. The monoisotopic (exact) mass is 266 g/mol.